The first kappa shape index (κ1) is 18.4. The van der Waals surface area contributed by atoms with Gasteiger partial charge in [-0.15, -0.1) is 0 Å². The molecule has 0 saturated carbocycles. The third-order valence-corrected chi connectivity index (χ3v) is 4.46. The minimum atomic E-state index is -0.639. The van der Waals surface area contributed by atoms with Crippen molar-refractivity contribution in [2.75, 3.05) is 25.5 Å². The summed E-state index contributed by atoms with van der Waals surface area (Å²) < 4.78 is 5.26. The summed E-state index contributed by atoms with van der Waals surface area (Å²) in [6.07, 6.45) is 0.800. The number of hydrogen-bond donors (Lipinski definition) is 2. The number of nitrogens with one attached hydrogen (secondary N) is 2. The molecule has 1 heterocycles. The smallest absolute Gasteiger partial charge is 0.313 e. The molecule has 1 aromatic carbocycles. The predicted octanol–water partition coefficient (Wildman–Crippen LogP) is 1.93. The molecule has 0 aromatic heterocycles. The van der Waals surface area contributed by atoms with Crippen LogP contribution in [-0.4, -0.2) is 49.0 Å². The lowest BCUT2D eigenvalue weighted by molar-refractivity contribution is -0.136. The van der Waals surface area contributed by atoms with Crippen LogP contribution in [-0.2, 0) is 14.3 Å². The van der Waals surface area contributed by atoms with Crippen molar-refractivity contribution in [1.29, 1.82) is 0 Å². The van der Waals surface area contributed by atoms with E-state index in [1.165, 1.54) is 0 Å². The van der Waals surface area contributed by atoms with Gasteiger partial charge in [0.25, 0.3) is 0 Å². The normalized spacial score (nSPS) is 19.3. The topological polar surface area (TPSA) is 70.7 Å². The van der Waals surface area contributed by atoms with Crippen molar-refractivity contribution in [1.82, 2.24) is 10.2 Å². The second kappa shape index (κ2) is 8.26. The molecular formula is C18H27N3O3. The molecule has 1 aliphatic heterocycles. The van der Waals surface area contributed by atoms with E-state index in [4.69, 9.17) is 4.74 Å². The maximum Gasteiger partial charge on any atom is 0.313 e. The van der Waals surface area contributed by atoms with Crippen molar-refractivity contribution < 1.29 is 14.3 Å². The number of methoxy groups -OCH3 is 1. The monoisotopic (exact) mass is 333 g/mol. The van der Waals surface area contributed by atoms with Crippen LogP contribution < -0.4 is 10.6 Å². The summed E-state index contributed by atoms with van der Waals surface area (Å²) in [5.41, 5.74) is 1.53. The molecule has 6 heteroatoms. The van der Waals surface area contributed by atoms with Gasteiger partial charge in [0.05, 0.1) is 6.10 Å². The highest BCUT2D eigenvalue weighted by Gasteiger charge is 2.27. The molecular weight excluding hydrogens is 306 g/mol. The zero-order chi connectivity index (χ0) is 17.7. The van der Waals surface area contributed by atoms with E-state index in [0.29, 0.717) is 11.7 Å². The molecule has 1 fully saturated rings. The number of anilines is 1. The van der Waals surface area contributed by atoms with Gasteiger partial charge >= 0.3 is 11.8 Å². The van der Waals surface area contributed by atoms with E-state index in [-0.39, 0.29) is 12.1 Å². The molecule has 0 spiro atoms. The summed E-state index contributed by atoms with van der Waals surface area (Å²) in [5, 5.41) is 5.46. The number of ether oxygens (including phenoxy) is 1. The lowest BCUT2D eigenvalue weighted by atomic mass is 10.1. The number of benzene rings is 1. The van der Waals surface area contributed by atoms with Crippen molar-refractivity contribution in [2.45, 2.75) is 45.4 Å². The summed E-state index contributed by atoms with van der Waals surface area (Å²) in [6.45, 7) is 7.92. The van der Waals surface area contributed by atoms with Gasteiger partial charge in [-0.1, -0.05) is 12.1 Å². The van der Waals surface area contributed by atoms with Crippen LogP contribution >= 0.6 is 0 Å². The van der Waals surface area contributed by atoms with Gasteiger partial charge in [0.2, 0.25) is 0 Å². The van der Waals surface area contributed by atoms with E-state index < -0.39 is 11.8 Å². The Labute approximate surface area is 143 Å². The predicted molar refractivity (Wildman–Crippen MR) is 93.8 cm³/mol. The molecule has 0 unspecified atom stereocenters. The standard InChI is InChI=1S/C18H27N3O3/c1-12(2)21-9-8-16(11-21)20-18(23)17(22)19-15-7-5-6-14(10-15)13(3)24-4/h5-7,10,12-13,16H,8-9,11H2,1-4H3,(H,19,22)(H,20,23)/t13-,16-/m0/s1. The van der Waals surface area contributed by atoms with Gasteiger partial charge in [-0.25, -0.2) is 0 Å². The molecule has 2 amide bonds. The van der Waals surface area contributed by atoms with Gasteiger partial charge in [-0.2, -0.15) is 0 Å². The Morgan fingerprint density at radius 1 is 1.25 bits per heavy atom. The molecule has 1 aromatic rings. The average molecular weight is 333 g/mol. The Balaban J connectivity index is 1.89. The van der Waals surface area contributed by atoms with Gasteiger partial charge in [0, 0.05) is 38.0 Å². The maximum absolute atomic E-state index is 12.1. The van der Waals surface area contributed by atoms with E-state index in [1.807, 2.05) is 25.1 Å². The third kappa shape index (κ3) is 4.79. The number of rotatable bonds is 5. The van der Waals surface area contributed by atoms with Crippen LogP contribution in [0.5, 0.6) is 0 Å². The van der Waals surface area contributed by atoms with Gasteiger partial charge in [-0.05, 0) is 44.9 Å². The highest BCUT2D eigenvalue weighted by Crippen LogP contribution is 2.19. The van der Waals surface area contributed by atoms with E-state index in [9.17, 15) is 9.59 Å². The first-order valence-corrected chi connectivity index (χ1v) is 8.39. The number of carbonyl (C=O) groups is 2. The van der Waals surface area contributed by atoms with E-state index in [2.05, 4.69) is 29.4 Å². The van der Waals surface area contributed by atoms with Crippen LogP contribution in [0.2, 0.25) is 0 Å². The molecule has 6 nitrogen and oxygen atoms in total. The van der Waals surface area contributed by atoms with Crippen LogP contribution in [0.15, 0.2) is 24.3 Å². The largest absolute Gasteiger partial charge is 0.377 e. The highest BCUT2D eigenvalue weighted by atomic mass is 16.5. The van der Waals surface area contributed by atoms with Gasteiger partial charge < -0.3 is 15.4 Å². The van der Waals surface area contributed by atoms with Gasteiger partial charge in [0.1, 0.15) is 0 Å². The Morgan fingerprint density at radius 3 is 2.62 bits per heavy atom. The van der Waals surface area contributed by atoms with E-state index >= 15 is 0 Å². The molecule has 2 rings (SSSR count). The fourth-order valence-electron chi connectivity index (χ4n) is 2.82. The molecule has 2 N–H and O–H groups in total. The van der Waals surface area contributed by atoms with E-state index in [0.717, 1.165) is 25.1 Å². The van der Waals surface area contributed by atoms with Crippen molar-refractivity contribution in [3.8, 4) is 0 Å². The quantitative estimate of drug-likeness (QED) is 0.808. The second-order valence-corrected chi connectivity index (χ2v) is 6.51. The van der Waals surface area contributed by atoms with Crippen molar-refractivity contribution >= 4 is 17.5 Å². The lowest BCUT2D eigenvalue weighted by Gasteiger charge is -2.20. The number of carbonyl (C=O) groups excluding carboxylic acids is 2. The molecule has 0 bridgehead atoms. The van der Waals surface area contributed by atoms with Gasteiger partial charge in [-0.3, -0.25) is 14.5 Å². The SMILES string of the molecule is CO[C@@H](C)c1cccc(NC(=O)C(=O)N[C@H]2CCN(C(C)C)C2)c1. The Kier molecular flexibility index (Phi) is 6.34. The first-order chi connectivity index (χ1) is 11.4. The summed E-state index contributed by atoms with van der Waals surface area (Å²) >= 11 is 0. The summed E-state index contributed by atoms with van der Waals surface area (Å²) in [5.74, 6) is -1.23. The summed E-state index contributed by atoms with van der Waals surface area (Å²) in [4.78, 5) is 26.5. The minimum Gasteiger partial charge on any atom is -0.377 e. The molecule has 0 aliphatic carbocycles. The second-order valence-electron chi connectivity index (χ2n) is 6.51. The van der Waals surface area contributed by atoms with Crippen LogP contribution in [0.3, 0.4) is 0 Å². The number of amides is 2. The summed E-state index contributed by atoms with van der Waals surface area (Å²) in [6, 6.07) is 7.80. The molecule has 0 radical (unpaired) electrons. The molecule has 24 heavy (non-hydrogen) atoms. The van der Waals surface area contributed by atoms with Gasteiger partial charge in [0.15, 0.2) is 0 Å². The maximum atomic E-state index is 12.1. The summed E-state index contributed by atoms with van der Waals surface area (Å²) in [7, 11) is 1.63. The number of nitrogens with zero attached hydrogens (tertiary/aromatic N) is 1. The fraction of sp³-hybridized carbons (Fsp3) is 0.556. The van der Waals surface area contributed by atoms with Crippen LogP contribution in [0.4, 0.5) is 5.69 Å². The minimum absolute atomic E-state index is 0.0329. The average Bonchev–Trinajstić information content (AvgIpc) is 3.03. The molecule has 1 saturated heterocycles. The van der Waals surface area contributed by atoms with Crippen LogP contribution in [0, 0.1) is 0 Å². The lowest BCUT2D eigenvalue weighted by Crippen LogP contribution is -2.43. The Hall–Kier alpha value is -1.92. The van der Waals surface area contributed by atoms with Crippen molar-refractivity contribution in [3.05, 3.63) is 29.8 Å². The zero-order valence-electron chi connectivity index (χ0n) is 14.8. The fourth-order valence-corrected chi connectivity index (χ4v) is 2.82. The number of hydrogen-bond acceptors (Lipinski definition) is 4. The van der Waals surface area contributed by atoms with Crippen molar-refractivity contribution in [2.24, 2.45) is 0 Å². The Bertz CT molecular complexity index is 589. The molecule has 1 aliphatic rings. The third-order valence-electron chi connectivity index (χ3n) is 4.46. The highest BCUT2D eigenvalue weighted by molar-refractivity contribution is 6.39. The van der Waals surface area contributed by atoms with E-state index in [1.54, 1.807) is 13.2 Å². The Morgan fingerprint density at radius 2 is 2.00 bits per heavy atom. The molecule has 132 valence electrons. The van der Waals surface area contributed by atoms with Crippen molar-refractivity contribution in [3.63, 3.8) is 0 Å². The molecule has 2 atom stereocenters. The van der Waals surface area contributed by atoms with Crippen LogP contribution in [0.25, 0.3) is 0 Å². The zero-order valence-corrected chi connectivity index (χ0v) is 14.8. The first-order valence-electron chi connectivity index (χ1n) is 8.39. The van der Waals surface area contributed by atoms with Crippen LogP contribution in [0.1, 0.15) is 38.9 Å². The number of likely N-dealkylation sites (tertiary alicyclic amines) is 1.